The number of hydrogen-bond acceptors (Lipinski definition) is 2. The monoisotopic (exact) mass is 388 g/mol. The summed E-state index contributed by atoms with van der Waals surface area (Å²) in [5.74, 6) is 1.40. The van der Waals surface area contributed by atoms with Crippen molar-refractivity contribution in [3.05, 3.63) is 57.1 Å². The minimum absolute atomic E-state index is 0.0338. The SMILES string of the molecule is COc1cc(C)c(C(Br)c2cc(Cl)cc(Cl)c2)cc1OC. The van der Waals surface area contributed by atoms with E-state index in [-0.39, 0.29) is 4.83 Å². The first-order valence-electron chi connectivity index (χ1n) is 6.29. The summed E-state index contributed by atoms with van der Waals surface area (Å²) in [6.07, 6.45) is 0. The van der Waals surface area contributed by atoms with Gasteiger partial charge in [-0.15, -0.1) is 0 Å². The van der Waals surface area contributed by atoms with Crippen molar-refractivity contribution in [2.24, 2.45) is 0 Å². The minimum atomic E-state index is -0.0338. The molecule has 21 heavy (non-hydrogen) atoms. The van der Waals surface area contributed by atoms with E-state index in [2.05, 4.69) is 15.9 Å². The van der Waals surface area contributed by atoms with Gasteiger partial charge in [-0.2, -0.15) is 0 Å². The van der Waals surface area contributed by atoms with Gasteiger partial charge in [0, 0.05) is 10.0 Å². The van der Waals surface area contributed by atoms with Crippen molar-refractivity contribution in [1.29, 1.82) is 0 Å². The zero-order valence-electron chi connectivity index (χ0n) is 11.9. The lowest BCUT2D eigenvalue weighted by Gasteiger charge is -2.17. The molecule has 0 amide bonds. The van der Waals surface area contributed by atoms with Crippen LogP contribution in [-0.4, -0.2) is 14.2 Å². The molecule has 2 nitrogen and oxygen atoms in total. The van der Waals surface area contributed by atoms with Crippen LogP contribution in [0.2, 0.25) is 10.0 Å². The van der Waals surface area contributed by atoms with Gasteiger partial charge in [-0.25, -0.2) is 0 Å². The maximum absolute atomic E-state index is 6.08. The third-order valence-corrected chi connectivity index (χ3v) is 4.68. The van der Waals surface area contributed by atoms with Gasteiger partial charge in [0.05, 0.1) is 19.0 Å². The van der Waals surface area contributed by atoms with E-state index in [0.29, 0.717) is 21.5 Å². The number of hydrogen-bond donors (Lipinski definition) is 0. The molecule has 0 radical (unpaired) electrons. The van der Waals surface area contributed by atoms with Gasteiger partial charge in [-0.05, 0) is 53.9 Å². The highest BCUT2D eigenvalue weighted by Gasteiger charge is 2.17. The molecule has 2 aromatic carbocycles. The molecule has 0 aliphatic heterocycles. The van der Waals surface area contributed by atoms with Crippen LogP contribution in [0, 0.1) is 6.92 Å². The third-order valence-electron chi connectivity index (χ3n) is 3.22. The molecule has 0 aromatic heterocycles. The zero-order chi connectivity index (χ0) is 15.6. The van der Waals surface area contributed by atoms with E-state index in [0.717, 1.165) is 16.7 Å². The van der Waals surface area contributed by atoms with Crippen LogP contribution in [0.25, 0.3) is 0 Å². The molecule has 1 unspecified atom stereocenters. The molecule has 1 atom stereocenters. The predicted molar refractivity (Wildman–Crippen MR) is 91.5 cm³/mol. The van der Waals surface area contributed by atoms with Crippen LogP contribution >= 0.6 is 39.1 Å². The van der Waals surface area contributed by atoms with Gasteiger partial charge in [0.25, 0.3) is 0 Å². The van der Waals surface area contributed by atoms with E-state index in [9.17, 15) is 0 Å². The molecule has 5 heteroatoms. The van der Waals surface area contributed by atoms with Gasteiger partial charge < -0.3 is 9.47 Å². The Labute approximate surface area is 143 Å². The fraction of sp³-hybridized carbons (Fsp3) is 0.250. The van der Waals surface area contributed by atoms with Gasteiger partial charge in [-0.3, -0.25) is 0 Å². The van der Waals surface area contributed by atoms with E-state index in [1.807, 2.05) is 31.2 Å². The van der Waals surface area contributed by atoms with Crippen molar-refractivity contribution < 1.29 is 9.47 Å². The molecule has 0 saturated heterocycles. The van der Waals surface area contributed by atoms with E-state index in [4.69, 9.17) is 32.7 Å². The molecule has 112 valence electrons. The summed E-state index contributed by atoms with van der Waals surface area (Å²) in [6.45, 7) is 2.03. The lowest BCUT2D eigenvalue weighted by Crippen LogP contribution is -1.99. The first kappa shape index (κ1) is 16.5. The Bertz CT molecular complexity index is 639. The van der Waals surface area contributed by atoms with Crippen LogP contribution in [0.5, 0.6) is 11.5 Å². The molecule has 0 aliphatic rings. The topological polar surface area (TPSA) is 18.5 Å². The molecule has 0 saturated carbocycles. The normalized spacial score (nSPS) is 12.1. The molecule has 0 bridgehead atoms. The number of rotatable bonds is 4. The summed E-state index contributed by atoms with van der Waals surface area (Å²) in [5.41, 5.74) is 3.15. The van der Waals surface area contributed by atoms with E-state index >= 15 is 0 Å². The largest absolute Gasteiger partial charge is 0.493 e. The molecule has 2 rings (SSSR count). The van der Waals surface area contributed by atoms with Gasteiger partial charge in [0.1, 0.15) is 0 Å². The fourth-order valence-electron chi connectivity index (χ4n) is 2.17. The number of alkyl halides is 1. The first-order valence-corrected chi connectivity index (χ1v) is 7.96. The van der Waals surface area contributed by atoms with Gasteiger partial charge in [-0.1, -0.05) is 39.1 Å². The Morgan fingerprint density at radius 1 is 0.905 bits per heavy atom. The number of ether oxygens (including phenoxy) is 2. The number of methoxy groups -OCH3 is 2. The van der Waals surface area contributed by atoms with Crippen LogP contribution < -0.4 is 9.47 Å². The quantitative estimate of drug-likeness (QED) is 0.615. The molecule has 0 aliphatic carbocycles. The summed E-state index contributed by atoms with van der Waals surface area (Å²) in [4.78, 5) is -0.0338. The minimum Gasteiger partial charge on any atom is -0.493 e. The van der Waals surface area contributed by atoms with E-state index < -0.39 is 0 Å². The standard InChI is InChI=1S/C16H15BrCl2O2/c1-9-4-14(20-2)15(21-3)8-13(9)16(17)10-5-11(18)7-12(19)6-10/h4-8,16H,1-3H3. The summed E-state index contributed by atoms with van der Waals surface area (Å²) >= 11 is 15.9. The second kappa shape index (κ2) is 6.91. The lowest BCUT2D eigenvalue weighted by molar-refractivity contribution is 0.354. The van der Waals surface area contributed by atoms with Crippen LogP contribution in [0.15, 0.2) is 30.3 Å². The van der Waals surface area contributed by atoms with Crippen molar-refractivity contribution in [2.75, 3.05) is 14.2 Å². The zero-order valence-corrected chi connectivity index (χ0v) is 15.0. The Morgan fingerprint density at radius 3 is 1.95 bits per heavy atom. The van der Waals surface area contributed by atoms with E-state index in [1.54, 1.807) is 20.3 Å². The number of aryl methyl sites for hydroxylation is 1. The van der Waals surface area contributed by atoms with Crippen molar-refractivity contribution in [1.82, 2.24) is 0 Å². The van der Waals surface area contributed by atoms with Gasteiger partial charge in [0.15, 0.2) is 11.5 Å². The lowest BCUT2D eigenvalue weighted by atomic mass is 9.99. The summed E-state index contributed by atoms with van der Waals surface area (Å²) in [7, 11) is 3.25. The Hall–Kier alpha value is -0.900. The number of benzene rings is 2. The second-order valence-electron chi connectivity index (χ2n) is 4.63. The summed E-state index contributed by atoms with van der Waals surface area (Å²) in [6, 6.07) is 9.41. The average molecular weight is 390 g/mol. The van der Waals surface area contributed by atoms with Crippen molar-refractivity contribution >= 4 is 39.1 Å². The van der Waals surface area contributed by atoms with Gasteiger partial charge >= 0.3 is 0 Å². The maximum atomic E-state index is 6.08. The number of halogens is 3. The highest BCUT2D eigenvalue weighted by atomic mass is 79.9. The summed E-state index contributed by atoms with van der Waals surface area (Å²) in [5, 5.41) is 1.22. The fourth-order valence-corrected chi connectivity index (χ4v) is 3.47. The smallest absolute Gasteiger partial charge is 0.161 e. The van der Waals surface area contributed by atoms with Crippen molar-refractivity contribution in [2.45, 2.75) is 11.8 Å². The second-order valence-corrected chi connectivity index (χ2v) is 6.42. The molecule has 2 aromatic rings. The predicted octanol–water partition coefficient (Wildman–Crippen LogP) is 5.80. The van der Waals surface area contributed by atoms with Crippen molar-refractivity contribution in [3.63, 3.8) is 0 Å². The third kappa shape index (κ3) is 3.65. The van der Waals surface area contributed by atoms with Crippen LogP contribution in [0.3, 0.4) is 0 Å². The maximum Gasteiger partial charge on any atom is 0.161 e. The first-order chi connectivity index (χ1) is 9.96. The molecular formula is C16H15BrCl2O2. The summed E-state index contributed by atoms with van der Waals surface area (Å²) < 4.78 is 10.7. The highest BCUT2D eigenvalue weighted by Crippen LogP contribution is 2.40. The Balaban J connectivity index is 2.49. The highest BCUT2D eigenvalue weighted by molar-refractivity contribution is 9.09. The van der Waals surface area contributed by atoms with Crippen molar-refractivity contribution in [3.8, 4) is 11.5 Å². The van der Waals surface area contributed by atoms with Crippen LogP contribution in [-0.2, 0) is 0 Å². The Kier molecular flexibility index (Phi) is 5.42. The molecule has 0 fully saturated rings. The van der Waals surface area contributed by atoms with Gasteiger partial charge in [0.2, 0.25) is 0 Å². The molecular weight excluding hydrogens is 375 g/mol. The molecule has 0 spiro atoms. The van der Waals surface area contributed by atoms with E-state index in [1.165, 1.54) is 0 Å². The van der Waals surface area contributed by atoms with Crippen LogP contribution in [0.4, 0.5) is 0 Å². The van der Waals surface area contributed by atoms with Crippen LogP contribution in [0.1, 0.15) is 21.5 Å². The Morgan fingerprint density at radius 2 is 1.43 bits per heavy atom. The molecule has 0 N–H and O–H groups in total. The molecule has 0 heterocycles. The average Bonchev–Trinajstić information content (AvgIpc) is 2.45.